The topological polar surface area (TPSA) is 84.0 Å². The molecule has 0 saturated carbocycles. The van der Waals surface area contributed by atoms with Crippen molar-refractivity contribution in [3.8, 4) is 0 Å². The third-order valence-electron chi connectivity index (χ3n) is 3.94. The van der Waals surface area contributed by atoms with Crippen LogP contribution < -0.4 is 10.6 Å². The van der Waals surface area contributed by atoms with Crippen LogP contribution in [0.2, 0.25) is 0 Å². The van der Waals surface area contributed by atoms with E-state index in [1.807, 2.05) is 30.3 Å². The van der Waals surface area contributed by atoms with Crippen molar-refractivity contribution < 1.29 is 9.59 Å². The molecule has 1 aliphatic rings. The number of nitrogens with zero attached hydrogens (tertiary/aromatic N) is 2. The average Bonchev–Trinajstić information content (AvgIpc) is 2.61. The van der Waals surface area contributed by atoms with Gasteiger partial charge in [-0.05, 0) is 42.3 Å². The van der Waals surface area contributed by atoms with E-state index >= 15 is 0 Å². The van der Waals surface area contributed by atoms with Crippen molar-refractivity contribution in [3.05, 3.63) is 59.9 Å². The number of benzene rings is 2. The quantitative estimate of drug-likeness (QED) is 0.761. The van der Waals surface area contributed by atoms with E-state index in [-0.39, 0.29) is 17.5 Å². The van der Waals surface area contributed by atoms with Crippen LogP contribution in [0.15, 0.2) is 48.7 Å². The van der Waals surface area contributed by atoms with Gasteiger partial charge in [0.2, 0.25) is 5.91 Å². The van der Waals surface area contributed by atoms with Gasteiger partial charge >= 0.3 is 0 Å². The zero-order valence-electron chi connectivity index (χ0n) is 12.7. The number of aromatic nitrogens is 2. The molecular weight excluding hydrogens is 304 g/mol. The molecule has 0 unspecified atom stereocenters. The second kappa shape index (κ2) is 5.73. The Bertz CT molecular complexity index is 968. The number of amides is 2. The number of hydrogen-bond donors (Lipinski definition) is 2. The predicted molar refractivity (Wildman–Crippen MR) is 90.9 cm³/mol. The van der Waals surface area contributed by atoms with E-state index in [1.54, 1.807) is 12.1 Å². The Morgan fingerprint density at radius 3 is 2.79 bits per heavy atom. The van der Waals surface area contributed by atoms with Crippen molar-refractivity contribution in [2.45, 2.75) is 12.8 Å². The van der Waals surface area contributed by atoms with Gasteiger partial charge in [-0.3, -0.25) is 14.6 Å². The van der Waals surface area contributed by atoms with Crippen LogP contribution in [0, 0.1) is 0 Å². The SMILES string of the molecule is O=C1CCc2cc(NC(=O)c3cnc4ccccc4n3)ccc2N1. The minimum absolute atomic E-state index is 0.0192. The lowest BCUT2D eigenvalue weighted by Crippen LogP contribution is -2.19. The van der Waals surface area contributed by atoms with Crippen molar-refractivity contribution in [1.82, 2.24) is 9.97 Å². The Balaban J connectivity index is 1.58. The summed E-state index contributed by atoms with van der Waals surface area (Å²) in [5.41, 5.74) is 4.17. The van der Waals surface area contributed by atoms with Crippen LogP contribution in [-0.4, -0.2) is 21.8 Å². The summed E-state index contributed by atoms with van der Waals surface area (Å²) in [5, 5.41) is 5.65. The maximum Gasteiger partial charge on any atom is 0.275 e. The normalized spacial score (nSPS) is 13.2. The highest BCUT2D eigenvalue weighted by Gasteiger charge is 2.16. The summed E-state index contributed by atoms with van der Waals surface area (Å²) >= 11 is 0. The zero-order valence-corrected chi connectivity index (χ0v) is 12.7. The fourth-order valence-corrected chi connectivity index (χ4v) is 2.72. The molecule has 6 nitrogen and oxygen atoms in total. The average molecular weight is 318 g/mol. The first kappa shape index (κ1) is 14.3. The number of anilines is 2. The minimum atomic E-state index is -0.312. The fraction of sp³-hybridized carbons (Fsp3) is 0.111. The number of nitrogens with one attached hydrogen (secondary N) is 2. The molecule has 0 radical (unpaired) electrons. The second-order valence-electron chi connectivity index (χ2n) is 5.62. The summed E-state index contributed by atoms with van der Waals surface area (Å²) in [6, 6.07) is 12.8. The van der Waals surface area contributed by atoms with Crippen LogP contribution in [0.3, 0.4) is 0 Å². The van der Waals surface area contributed by atoms with Gasteiger partial charge in [0.1, 0.15) is 5.69 Å². The van der Waals surface area contributed by atoms with Gasteiger partial charge < -0.3 is 10.6 Å². The molecule has 2 N–H and O–H groups in total. The maximum absolute atomic E-state index is 12.4. The smallest absolute Gasteiger partial charge is 0.275 e. The number of carbonyl (C=O) groups is 2. The molecule has 2 heterocycles. The van der Waals surface area contributed by atoms with Crippen molar-refractivity contribution in [1.29, 1.82) is 0 Å². The minimum Gasteiger partial charge on any atom is -0.326 e. The number of fused-ring (bicyclic) bond motifs is 2. The largest absolute Gasteiger partial charge is 0.326 e. The van der Waals surface area contributed by atoms with Crippen molar-refractivity contribution in [3.63, 3.8) is 0 Å². The number of para-hydroxylation sites is 2. The van der Waals surface area contributed by atoms with E-state index < -0.39 is 0 Å². The van der Waals surface area contributed by atoms with E-state index in [1.165, 1.54) is 6.20 Å². The molecule has 24 heavy (non-hydrogen) atoms. The van der Waals surface area contributed by atoms with Crippen LogP contribution in [0.4, 0.5) is 11.4 Å². The van der Waals surface area contributed by atoms with Crippen LogP contribution in [0.5, 0.6) is 0 Å². The van der Waals surface area contributed by atoms with Crippen molar-refractivity contribution >= 4 is 34.2 Å². The summed E-state index contributed by atoms with van der Waals surface area (Å²) in [6.45, 7) is 0. The highest BCUT2D eigenvalue weighted by Crippen LogP contribution is 2.25. The third-order valence-corrected chi connectivity index (χ3v) is 3.94. The van der Waals surface area contributed by atoms with Crippen LogP contribution in [-0.2, 0) is 11.2 Å². The van der Waals surface area contributed by atoms with Gasteiger partial charge in [0.25, 0.3) is 5.91 Å². The molecule has 0 spiro atoms. The monoisotopic (exact) mass is 318 g/mol. The van der Waals surface area contributed by atoms with Crippen LogP contribution in [0.25, 0.3) is 11.0 Å². The lowest BCUT2D eigenvalue weighted by molar-refractivity contribution is -0.116. The van der Waals surface area contributed by atoms with Gasteiger partial charge in [-0.1, -0.05) is 12.1 Å². The third kappa shape index (κ3) is 2.69. The van der Waals surface area contributed by atoms with E-state index in [0.29, 0.717) is 24.0 Å². The lowest BCUT2D eigenvalue weighted by Gasteiger charge is -2.17. The highest BCUT2D eigenvalue weighted by molar-refractivity contribution is 6.04. The molecule has 3 aromatic rings. The van der Waals surface area contributed by atoms with Crippen molar-refractivity contribution in [2.75, 3.05) is 10.6 Å². The van der Waals surface area contributed by atoms with Gasteiger partial charge in [0.15, 0.2) is 0 Å². The molecule has 0 fully saturated rings. The highest BCUT2D eigenvalue weighted by atomic mass is 16.2. The first-order valence-electron chi connectivity index (χ1n) is 7.65. The molecule has 0 aliphatic carbocycles. The maximum atomic E-state index is 12.4. The summed E-state index contributed by atoms with van der Waals surface area (Å²) < 4.78 is 0. The second-order valence-corrected chi connectivity index (χ2v) is 5.62. The van der Waals surface area contributed by atoms with Gasteiger partial charge in [-0.2, -0.15) is 0 Å². The lowest BCUT2D eigenvalue weighted by atomic mass is 10.0. The van der Waals surface area contributed by atoms with Gasteiger partial charge in [-0.25, -0.2) is 4.98 Å². The predicted octanol–water partition coefficient (Wildman–Crippen LogP) is 2.77. The number of aryl methyl sites for hydroxylation is 1. The first-order valence-corrected chi connectivity index (χ1v) is 7.65. The molecule has 6 heteroatoms. The molecule has 1 aromatic heterocycles. The molecule has 2 amide bonds. The summed E-state index contributed by atoms with van der Waals surface area (Å²) in [5.74, 6) is -0.293. The van der Waals surface area contributed by atoms with Gasteiger partial charge in [0, 0.05) is 17.8 Å². The number of rotatable bonds is 2. The van der Waals surface area contributed by atoms with Crippen LogP contribution >= 0.6 is 0 Å². The van der Waals surface area contributed by atoms with Crippen LogP contribution in [0.1, 0.15) is 22.5 Å². The molecule has 2 aromatic carbocycles. The Hall–Kier alpha value is -3.28. The van der Waals surface area contributed by atoms with E-state index in [4.69, 9.17) is 0 Å². The standard InChI is InChI=1S/C18H14N4O2/c23-17-8-5-11-9-12(6-7-13(11)22-17)20-18(24)16-10-19-14-3-1-2-4-15(14)21-16/h1-4,6-7,9-10H,5,8H2,(H,20,24)(H,22,23). The van der Waals surface area contributed by atoms with E-state index in [9.17, 15) is 9.59 Å². The first-order chi connectivity index (χ1) is 11.7. The Labute approximate surface area is 137 Å². The molecule has 1 aliphatic heterocycles. The van der Waals surface area contributed by atoms with E-state index in [0.717, 1.165) is 16.8 Å². The molecule has 0 bridgehead atoms. The Morgan fingerprint density at radius 2 is 1.92 bits per heavy atom. The molecule has 0 atom stereocenters. The Morgan fingerprint density at radius 1 is 1.08 bits per heavy atom. The molecular formula is C18H14N4O2. The van der Waals surface area contributed by atoms with E-state index in [2.05, 4.69) is 20.6 Å². The Kier molecular flexibility index (Phi) is 3.42. The number of carbonyl (C=O) groups excluding carboxylic acids is 2. The van der Waals surface area contributed by atoms with Gasteiger partial charge in [0.05, 0.1) is 17.2 Å². The summed E-state index contributed by atoms with van der Waals surface area (Å²) in [6.07, 6.45) is 2.59. The van der Waals surface area contributed by atoms with Gasteiger partial charge in [-0.15, -0.1) is 0 Å². The molecule has 4 rings (SSSR count). The zero-order chi connectivity index (χ0) is 16.5. The summed E-state index contributed by atoms with van der Waals surface area (Å²) in [7, 11) is 0. The summed E-state index contributed by atoms with van der Waals surface area (Å²) in [4.78, 5) is 32.4. The van der Waals surface area contributed by atoms with Crippen molar-refractivity contribution in [2.24, 2.45) is 0 Å². The molecule has 0 saturated heterocycles. The fourth-order valence-electron chi connectivity index (χ4n) is 2.72. The number of hydrogen-bond acceptors (Lipinski definition) is 4. The molecule has 118 valence electrons.